The summed E-state index contributed by atoms with van der Waals surface area (Å²) in [6.07, 6.45) is 2.56. The molecule has 0 aromatic heterocycles. The van der Waals surface area contributed by atoms with Crippen LogP contribution in [0.3, 0.4) is 0 Å². The van der Waals surface area contributed by atoms with Crippen LogP contribution in [0.4, 0.5) is 0 Å². The van der Waals surface area contributed by atoms with Gasteiger partial charge in [0.2, 0.25) is 10.0 Å². The summed E-state index contributed by atoms with van der Waals surface area (Å²) in [7, 11) is -3.67. The van der Waals surface area contributed by atoms with E-state index in [0.29, 0.717) is 19.3 Å². The van der Waals surface area contributed by atoms with E-state index in [2.05, 4.69) is 0 Å². The van der Waals surface area contributed by atoms with Gasteiger partial charge in [-0.15, -0.1) is 0 Å². The summed E-state index contributed by atoms with van der Waals surface area (Å²) >= 11 is 0. The van der Waals surface area contributed by atoms with Crippen LogP contribution in [-0.4, -0.2) is 42.0 Å². The van der Waals surface area contributed by atoms with E-state index >= 15 is 0 Å². The summed E-state index contributed by atoms with van der Waals surface area (Å²) in [5.41, 5.74) is 0.903. The van der Waals surface area contributed by atoms with Crippen LogP contribution in [0, 0.1) is 5.92 Å². The molecule has 2 fully saturated rings. The molecule has 0 aliphatic carbocycles. The number of carboxylic acid groups (broad SMARTS) is 1. The molecule has 0 saturated carbocycles. The van der Waals surface area contributed by atoms with Crippen molar-refractivity contribution in [1.29, 1.82) is 0 Å². The number of nitrogens with zero attached hydrogens (tertiary/aromatic N) is 1. The number of rotatable bonds is 3. The molecule has 0 radical (unpaired) electrons. The molecule has 4 rings (SSSR count). The van der Waals surface area contributed by atoms with E-state index in [1.165, 1.54) is 4.31 Å². The maximum atomic E-state index is 13.0. The standard InChI is InChI=1S/C16H19NO5S/c1-9-6-10-7-12(3-5-15(10)22-9)23(20,21)17-11-2-4-14(17)13(8-11)16(18)19/h3,5,7,9,11,13-14H,2,4,6,8H2,1H3,(H,18,19). The lowest BCUT2D eigenvalue weighted by molar-refractivity contribution is -0.142. The van der Waals surface area contributed by atoms with Crippen LogP contribution < -0.4 is 4.74 Å². The molecule has 124 valence electrons. The first-order chi connectivity index (χ1) is 10.9. The summed E-state index contributed by atoms with van der Waals surface area (Å²) in [5.74, 6) is -0.737. The van der Waals surface area contributed by atoms with Gasteiger partial charge in [-0.25, -0.2) is 8.42 Å². The van der Waals surface area contributed by atoms with E-state index in [4.69, 9.17) is 4.74 Å². The van der Waals surface area contributed by atoms with Gasteiger partial charge in [0.1, 0.15) is 11.9 Å². The first-order valence-corrected chi connectivity index (χ1v) is 9.38. The van der Waals surface area contributed by atoms with Gasteiger partial charge in [0.05, 0.1) is 10.8 Å². The van der Waals surface area contributed by atoms with Crippen molar-refractivity contribution in [2.45, 2.75) is 55.7 Å². The fraction of sp³-hybridized carbons (Fsp3) is 0.562. The molecule has 23 heavy (non-hydrogen) atoms. The molecule has 3 aliphatic rings. The smallest absolute Gasteiger partial charge is 0.308 e. The van der Waals surface area contributed by atoms with Gasteiger partial charge in [0, 0.05) is 18.5 Å². The number of sulfonamides is 1. The Morgan fingerprint density at radius 3 is 2.83 bits per heavy atom. The van der Waals surface area contributed by atoms with E-state index in [1.807, 2.05) is 6.92 Å². The summed E-state index contributed by atoms with van der Waals surface area (Å²) in [5, 5.41) is 9.31. The molecular weight excluding hydrogens is 318 g/mol. The third-order valence-electron chi connectivity index (χ3n) is 5.23. The predicted molar refractivity (Wildman–Crippen MR) is 81.8 cm³/mol. The Balaban J connectivity index is 1.69. The van der Waals surface area contributed by atoms with Crippen molar-refractivity contribution in [3.63, 3.8) is 0 Å². The second-order valence-electron chi connectivity index (χ2n) is 6.72. The average Bonchev–Trinajstić information content (AvgIpc) is 3.16. The van der Waals surface area contributed by atoms with Crippen LogP contribution >= 0.6 is 0 Å². The maximum absolute atomic E-state index is 13.0. The van der Waals surface area contributed by atoms with E-state index in [-0.39, 0.29) is 17.0 Å². The first-order valence-electron chi connectivity index (χ1n) is 7.94. The Morgan fingerprint density at radius 1 is 1.35 bits per heavy atom. The zero-order valence-corrected chi connectivity index (χ0v) is 13.6. The highest BCUT2D eigenvalue weighted by atomic mass is 32.2. The average molecular weight is 337 g/mol. The Labute approximate surface area is 135 Å². The molecule has 6 nitrogen and oxygen atoms in total. The normalized spacial score (nSPS) is 32.7. The zero-order chi connectivity index (χ0) is 16.4. The molecule has 0 amide bonds. The lowest BCUT2D eigenvalue weighted by atomic mass is 9.89. The van der Waals surface area contributed by atoms with Crippen LogP contribution in [0.25, 0.3) is 0 Å². The third kappa shape index (κ3) is 2.17. The topological polar surface area (TPSA) is 83.9 Å². The molecule has 7 heteroatoms. The third-order valence-corrected chi connectivity index (χ3v) is 7.21. The van der Waals surface area contributed by atoms with Crippen molar-refractivity contribution >= 4 is 16.0 Å². The number of carboxylic acids is 1. The first kappa shape index (κ1) is 15.0. The van der Waals surface area contributed by atoms with Crippen molar-refractivity contribution in [2.75, 3.05) is 0 Å². The Morgan fingerprint density at radius 2 is 2.13 bits per heavy atom. The Hall–Kier alpha value is -1.60. The molecule has 3 aliphatic heterocycles. The largest absolute Gasteiger partial charge is 0.490 e. The second-order valence-corrected chi connectivity index (χ2v) is 8.56. The van der Waals surface area contributed by atoms with Gasteiger partial charge in [0.25, 0.3) is 0 Å². The predicted octanol–water partition coefficient (Wildman–Crippen LogP) is 1.64. The van der Waals surface area contributed by atoms with E-state index in [1.54, 1.807) is 18.2 Å². The molecule has 2 bridgehead atoms. The van der Waals surface area contributed by atoms with Crippen LogP contribution in [0.1, 0.15) is 31.7 Å². The van der Waals surface area contributed by atoms with Crippen molar-refractivity contribution in [1.82, 2.24) is 4.31 Å². The molecule has 4 unspecified atom stereocenters. The molecule has 0 spiro atoms. The number of fused-ring (bicyclic) bond motifs is 3. The van der Waals surface area contributed by atoms with Gasteiger partial charge in [0.15, 0.2) is 0 Å². The number of hydrogen-bond donors (Lipinski definition) is 1. The van der Waals surface area contributed by atoms with Gasteiger partial charge in [-0.2, -0.15) is 4.31 Å². The lowest BCUT2D eigenvalue weighted by Crippen LogP contribution is -2.37. The molecule has 4 atom stereocenters. The number of hydrogen-bond acceptors (Lipinski definition) is 4. The van der Waals surface area contributed by atoms with Gasteiger partial charge >= 0.3 is 5.97 Å². The number of aliphatic carboxylic acids is 1. The minimum atomic E-state index is -3.67. The molecule has 2 saturated heterocycles. The van der Waals surface area contributed by atoms with Crippen molar-refractivity contribution in [2.24, 2.45) is 5.92 Å². The fourth-order valence-electron chi connectivity index (χ4n) is 4.26. The summed E-state index contributed by atoms with van der Waals surface area (Å²) in [4.78, 5) is 11.6. The monoisotopic (exact) mass is 337 g/mol. The summed E-state index contributed by atoms with van der Waals surface area (Å²) < 4.78 is 33.1. The number of carbonyl (C=O) groups is 1. The summed E-state index contributed by atoms with van der Waals surface area (Å²) in [6, 6.07) is 4.36. The van der Waals surface area contributed by atoms with Crippen LogP contribution in [0.15, 0.2) is 23.1 Å². The summed E-state index contributed by atoms with van der Waals surface area (Å²) in [6.45, 7) is 1.95. The van der Waals surface area contributed by atoms with Gasteiger partial charge < -0.3 is 9.84 Å². The second kappa shape index (κ2) is 4.95. The number of benzene rings is 1. The van der Waals surface area contributed by atoms with Gasteiger partial charge in [-0.3, -0.25) is 4.79 Å². The van der Waals surface area contributed by atoms with Gasteiger partial charge in [-0.05, 0) is 49.9 Å². The molecular formula is C16H19NO5S. The number of ether oxygens (including phenoxy) is 1. The van der Waals surface area contributed by atoms with Crippen molar-refractivity contribution in [3.05, 3.63) is 23.8 Å². The highest BCUT2D eigenvalue weighted by molar-refractivity contribution is 7.89. The molecule has 3 heterocycles. The van der Waals surface area contributed by atoms with Gasteiger partial charge in [-0.1, -0.05) is 0 Å². The van der Waals surface area contributed by atoms with Crippen LogP contribution in [-0.2, 0) is 21.2 Å². The zero-order valence-electron chi connectivity index (χ0n) is 12.8. The minimum Gasteiger partial charge on any atom is -0.490 e. The quantitative estimate of drug-likeness (QED) is 0.906. The van der Waals surface area contributed by atoms with Crippen molar-refractivity contribution < 1.29 is 23.1 Å². The lowest BCUT2D eigenvalue weighted by Gasteiger charge is -2.22. The van der Waals surface area contributed by atoms with Crippen LogP contribution in [0.2, 0.25) is 0 Å². The Kier molecular flexibility index (Phi) is 3.22. The highest BCUT2D eigenvalue weighted by Gasteiger charge is 2.54. The highest BCUT2D eigenvalue weighted by Crippen LogP contribution is 2.45. The van der Waals surface area contributed by atoms with E-state index < -0.39 is 28.0 Å². The SMILES string of the molecule is CC1Cc2cc(S(=O)(=O)N3C4CCC3C(C(=O)O)C4)ccc2O1. The van der Waals surface area contributed by atoms with E-state index in [9.17, 15) is 18.3 Å². The molecule has 1 aromatic rings. The van der Waals surface area contributed by atoms with E-state index in [0.717, 1.165) is 17.7 Å². The minimum absolute atomic E-state index is 0.0577. The molecule has 1 aromatic carbocycles. The Bertz CT molecular complexity index is 775. The maximum Gasteiger partial charge on any atom is 0.308 e. The van der Waals surface area contributed by atoms with Crippen LogP contribution in [0.5, 0.6) is 5.75 Å². The fourth-order valence-corrected chi connectivity index (χ4v) is 6.23. The van der Waals surface area contributed by atoms with Crippen molar-refractivity contribution in [3.8, 4) is 5.75 Å². The molecule has 1 N–H and O–H groups in total.